The van der Waals surface area contributed by atoms with E-state index in [0.717, 1.165) is 25.1 Å². The van der Waals surface area contributed by atoms with E-state index in [4.69, 9.17) is 5.10 Å². The lowest BCUT2D eigenvalue weighted by molar-refractivity contribution is 0.408. The molecule has 0 aromatic carbocycles. The largest absolute Gasteiger partial charge is 0.367 e. The summed E-state index contributed by atoms with van der Waals surface area (Å²) in [7, 11) is 0. The molecule has 4 heteroatoms. The van der Waals surface area contributed by atoms with Crippen LogP contribution in [0.2, 0.25) is 0 Å². The molecule has 1 aromatic rings. The number of anilines is 1. The highest BCUT2D eigenvalue weighted by atomic mass is 79.9. The molecule has 2 heterocycles. The van der Waals surface area contributed by atoms with Gasteiger partial charge in [-0.05, 0) is 49.0 Å². The molecule has 0 saturated carbocycles. The molecular weight excluding hydrogens is 278 g/mol. The Kier molecular flexibility index (Phi) is 3.81. The first kappa shape index (κ1) is 12.9. The van der Waals surface area contributed by atoms with E-state index in [9.17, 15) is 0 Å². The van der Waals surface area contributed by atoms with Crippen LogP contribution < -0.4 is 5.32 Å². The summed E-state index contributed by atoms with van der Waals surface area (Å²) in [6.07, 6.45) is 3.44. The zero-order valence-electron chi connectivity index (χ0n) is 11.1. The summed E-state index contributed by atoms with van der Waals surface area (Å²) < 4.78 is 3.32. The Balaban J connectivity index is 2.42. The number of fused-ring (bicyclic) bond motifs is 1. The van der Waals surface area contributed by atoms with Gasteiger partial charge >= 0.3 is 0 Å². The van der Waals surface area contributed by atoms with Crippen LogP contribution in [0, 0.1) is 0 Å². The fourth-order valence-corrected chi connectivity index (χ4v) is 3.42. The maximum absolute atomic E-state index is 4.82. The van der Waals surface area contributed by atoms with Gasteiger partial charge in [0.05, 0.1) is 16.2 Å². The predicted octanol–water partition coefficient (Wildman–Crippen LogP) is 4.31. The van der Waals surface area contributed by atoms with Crippen molar-refractivity contribution in [3.05, 3.63) is 10.2 Å². The van der Waals surface area contributed by atoms with Gasteiger partial charge in [0.2, 0.25) is 0 Å². The van der Waals surface area contributed by atoms with Crippen LogP contribution in [-0.4, -0.2) is 15.8 Å². The van der Waals surface area contributed by atoms with Crippen molar-refractivity contribution in [3.8, 4) is 0 Å². The third-order valence-electron chi connectivity index (χ3n) is 3.74. The van der Waals surface area contributed by atoms with E-state index in [2.05, 4.69) is 53.6 Å². The second kappa shape index (κ2) is 5.01. The summed E-state index contributed by atoms with van der Waals surface area (Å²) in [5.74, 6) is 1.73. The molecule has 1 aliphatic rings. The molecule has 1 N–H and O–H groups in total. The minimum absolute atomic E-state index is 0.487. The molecule has 2 unspecified atom stereocenters. The number of rotatable bonds is 3. The van der Waals surface area contributed by atoms with Crippen molar-refractivity contribution in [2.24, 2.45) is 0 Å². The molecule has 1 aliphatic heterocycles. The van der Waals surface area contributed by atoms with Gasteiger partial charge in [-0.15, -0.1) is 0 Å². The van der Waals surface area contributed by atoms with Gasteiger partial charge in [-0.1, -0.05) is 13.8 Å². The Hall–Kier alpha value is -0.510. The lowest BCUT2D eigenvalue weighted by atomic mass is 10.00. The molecule has 0 saturated heterocycles. The first-order valence-corrected chi connectivity index (χ1v) is 7.42. The highest BCUT2D eigenvalue weighted by molar-refractivity contribution is 9.10. The average Bonchev–Trinajstić information content (AvgIpc) is 2.60. The van der Waals surface area contributed by atoms with Gasteiger partial charge in [0.25, 0.3) is 0 Å². The molecule has 0 spiro atoms. The summed E-state index contributed by atoms with van der Waals surface area (Å²) in [6, 6.07) is 1.01. The van der Waals surface area contributed by atoms with Crippen LogP contribution in [0.25, 0.3) is 0 Å². The Morgan fingerprint density at radius 1 is 1.41 bits per heavy atom. The van der Waals surface area contributed by atoms with E-state index >= 15 is 0 Å². The molecule has 17 heavy (non-hydrogen) atoms. The number of halogens is 1. The van der Waals surface area contributed by atoms with E-state index in [1.807, 2.05) is 0 Å². The highest BCUT2D eigenvalue weighted by Crippen LogP contribution is 2.39. The highest BCUT2D eigenvalue weighted by Gasteiger charge is 2.28. The summed E-state index contributed by atoms with van der Waals surface area (Å²) >= 11 is 3.73. The second-order valence-corrected chi connectivity index (χ2v) is 5.93. The van der Waals surface area contributed by atoms with Crippen molar-refractivity contribution in [2.75, 3.05) is 5.32 Å². The second-order valence-electron chi connectivity index (χ2n) is 5.14. The number of nitrogens with one attached hydrogen (secondary N) is 1. The maximum atomic E-state index is 4.82. The van der Waals surface area contributed by atoms with E-state index in [0.29, 0.717) is 18.0 Å². The van der Waals surface area contributed by atoms with E-state index in [1.165, 1.54) is 10.2 Å². The molecule has 1 aromatic heterocycles. The summed E-state index contributed by atoms with van der Waals surface area (Å²) in [5, 5.41) is 8.35. The lowest BCUT2D eigenvalue weighted by Gasteiger charge is -2.28. The van der Waals surface area contributed by atoms with Crippen LogP contribution in [0.3, 0.4) is 0 Å². The van der Waals surface area contributed by atoms with E-state index < -0.39 is 0 Å². The Bertz CT molecular complexity index is 396. The van der Waals surface area contributed by atoms with Gasteiger partial charge in [0, 0.05) is 12.0 Å². The Morgan fingerprint density at radius 2 is 2.06 bits per heavy atom. The van der Waals surface area contributed by atoms with Crippen LogP contribution in [0.4, 0.5) is 5.82 Å². The van der Waals surface area contributed by atoms with Crippen LogP contribution in [0.15, 0.2) is 4.47 Å². The molecule has 0 fully saturated rings. The standard InChI is InChI=1S/C13H22BrN3/c1-5-10(6-2)12-11(14)13-15-8(3)7-9(4)17(13)16-12/h8-10,15H,5-7H2,1-4H3. The van der Waals surface area contributed by atoms with Gasteiger partial charge in [0.15, 0.2) is 0 Å². The molecule has 0 bridgehead atoms. The molecule has 0 aliphatic carbocycles. The first-order chi connectivity index (χ1) is 8.08. The zero-order valence-corrected chi connectivity index (χ0v) is 12.7. The fraction of sp³-hybridized carbons (Fsp3) is 0.769. The van der Waals surface area contributed by atoms with Gasteiger partial charge in [-0.25, -0.2) is 4.68 Å². The molecule has 0 radical (unpaired) electrons. The molecule has 2 rings (SSSR count). The van der Waals surface area contributed by atoms with Gasteiger partial charge < -0.3 is 5.32 Å². The molecule has 3 nitrogen and oxygen atoms in total. The SMILES string of the molecule is CCC(CC)c1nn2c(c1Br)NC(C)CC2C. The number of hydrogen-bond donors (Lipinski definition) is 1. The monoisotopic (exact) mass is 299 g/mol. The molecular formula is C13H22BrN3. The van der Waals surface area contributed by atoms with Gasteiger partial charge in [-0.3, -0.25) is 0 Å². The summed E-state index contributed by atoms with van der Waals surface area (Å²) in [5.41, 5.74) is 1.22. The Labute approximate surface area is 112 Å². The zero-order chi connectivity index (χ0) is 12.6. The third kappa shape index (κ3) is 2.24. The topological polar surface area (TPSA) is 29.9 Å². The summed E-state index contributed by atoms with van der Waals surface area (Å²) in [6.45, 7) is 8.95. The van der Waals surface area contributed by atoms with Crippen LogP contribution in [0.1, 0.15) is 64.6 Å². The van der Waals surface area contributed by atoms with Gasteiger partial charge in [0.1, 0.15) is 5.82 Å². The molecule has 2 atom stereocenters. The number of aromatic nitrogens is 2. The van der Waals surface area contributed by atoms with Crippen LogP contribution in [-0.2, 0) is 0 Å². The molecule has 0 amide bonds. The summed E-state index contributed by atoms with van der Waals surface area (Å²) in [4.78, 5) is 0. The van der Waals surface area contributed by atoms with Gasteiger partial charge in [-0.2, -0.15) is 5.10 Å². The lowest BCUT2D eigenvalue weighted by Crippen LogP contribution is -2.28. The minimum atomic E-state index is 0.487. The maximum Gasteiger partial charge on any atom is 0.139 e. The van der Waals surface area contributed by atoms with Crippen molar-refractivity contribution in [1.82, 2.24) is 9.78 Å². The molecule has 96 valence electrons. The first-order valence-electron chi connectivity index (χ1n) is 6.62. The number of hydrogen-bond acceptors (Lipinski definition) is 2. The van der Waals surface area contributed by atoms with E-state index in [-0.39, 0.29) is 0 Å². The average molecular weight is 300 g/mol. The van der Waals surface area contributed by atoms with Crippen molar-refractivity contribution < 1.29 is 0 Å². The Morgan fingerprint density at radius 3 is 2.65 bits per heavy atom. The van der Waals surface area contributed by atoms with Crippen molar-refractivity contribution >= 4 is 21.7 Å². The van der Waals surface area contributed by atoms with Crippen molar-refractivity contribution in [3.63, 3.8) is 0 Å². The van der Waals surface area contributed by atoms with Crippen molar-refractivity contribution in [1.29, 1.82) is 0 Å². The quantitative estimate of drug-likeness (QED) is 0.901. The van der Waals surface area contributed by atoms with Crippen molar-refractivity contribution in [2.45, 2.75) is 65.0 Å². The smallest absolute Gasteiger partial charge is 0.139 e. The normalized spacial score (nSPS) is 23.6. The fourth-order valence-electron chi connectivity index (χ4n) is 2.72. The number of nitrogens with zero attached hydrogens (tertiary/aromatic N) is 2. The predicted molar refractivity (Wildman–Crippen MR) is 75.7 cm³/mol. The van der Waals surface area contributed by atoms with Crippen LogP contribution >= 0.6 is 15.9 Å². The third-order valence-corrected chi connectivity index (χ3v) is 4.53. The van der Waals surface area contributed by atoms with Crippen LogP contribution in [0.5, 0.6) is 0 Å². The van der Waals surface area contributed by atoms with E-state index in [1.54, 1.807) is 0 Å². The minimum Gasteiger partial charge on any atom is -0.367 e.